The van der Waals surface area contributed by atoms with Crippen molar-refractivity contribution in [3.63, 3.8) is 0 Å². The Morgan fingerprint density at radius 2 is 2.17 bits per heavy atom. The van der Waals surface area contributed by atoms with E-state index in [9.17, 15) is 18.0 Å². The molecule has 1 saturated heterocycles. The fourth-order valence-electron chi connectivity index (χ4n) is 1.95. The van der Waals surface area contributed by atoms with Crippen LogP contribution in [0.4, 0.5) is 13.2 Å². The molecule has 0 aromatic heterocycles. The van der Waals surface area contributed by atoms with Crippen LogP contribution in [-0.4, -0.2) is 48.6 Å². The Hall–Kier alpha value is -0.300. The first-order valence-corrected chi connectivity index (χ1v) is 7.03. The van der Waals surface area contributed by atoms with Gasteiger partial charge < -0.3 is 9.64 Å². The summed E-state index contributed by atoms with van der Waals surface area (Å²) in [5, 5.41) is 0.911. The number of ether oxygens (including phenoxy) is 1. The zero-order valence-electron chi connectivity index (χ0n) is 10.0. The number of hydrogen-bond acceptors (Lipinski definition) is 2. The second-order valence-corrected chi connectivity index (χ2v) is 5.18. The van der Waals surface area contributed by atoms with Gasteiger partial charge in [-0.1, -0.05) is 15.9 Å². The predicted molar refractivity (Wildman–Crippen MR) is 64.6 cm³/mol. The van der Waals surface area contributed by atoms with Crippen LogP contribution in [0.5, 0.6) is 0 Å². The van der Waals surface area contributed by atoms with Crippen LogP contribution >= 0.6 is 15.9 Å². The van der Waals surface area contributed by atoms with Crippen molar-refractivity contribution in [3.05, 3.63) is 0 Å². The standard InChI is InChI=1S/C11H17BrF3NO2/c12-4-1-9-2-5-16(7-9)10(17)3-6-18-8-11(13,14)15/h9H,1-8H2. The third-order valence-corrected chi connectivity index (χ3v) is 3.34. The molecule has 1 rings (SSSR count). The Balaban J connectivity index is 2.14. The molecule has 0 aromatic rings. The van der Waals surface area contributed by atoms with Crippen molar-refractivity contribution in [2.45, 2.75) is 25.4 Å². The molecular weight excluding hydrogens is 315 g/mol. The van der Waals surface area contributed by atoms with Crippen LogP contribution in [0.15, 0.2) is 0 Å². The first-order valence-electron chi connectivity index (χ1n) is 5.90. The molecule has 1 aliphatic heterocycles. The van der Waals surface area contributed by atoms with Crippen LogP contribution in [0.25, 0.3) is 0 Å². The van der Waals surface area contributed by atoms with Gasteiger partial charge in [-0.2, -0.15) is 13.2 Å². The van der Waals surface area contributed by atoms with E-state index in [0.29, 0.717) is 19.0 Å². The molecule has 0 aliphatic carbocycles. The number of hydrogen-bond donors (Lipinski definition) is 0. The average molecular weight is 332 g/mol. The molecule has 0 saturated carbocycles. The largest absolute Gasteiger partial charge is 0.411 e. The molecule has 1 aliphatic rings. The molecule has 3 nitrogen and oxygen atoms in total. The van der Waals surface area contributed by atoms with Gasteiger partial charge in [-0.3, -0.25) is 4.79 Å². The summed E-state index contributed by atoms with van der Waals surface area (Å²) in [5.41, 5.74) is 0. The SMILES string of the molecule is O=C(CCOCC(F)(F)F)N1CCC(CCBr)C1. The number of nitrogens with zero attached hydrogens (tertiary/aromatic N) is 1. The number of carbonyl (C=O) groups excluding carboxylic acids is 1. The Bertz CT molecular complexity index is 274. The smallest absolute Gasteiger partial charge is 0.372 e. The zero-order valence-corrected chi connectivity index (χ0v) is 11.6. The highest BCUT2D eigenvalue weighted by Gasteiger charge is 2.28. The van der Waals surface area contributed by atoms with E-state index in [1.165, 1.54) is 0 Å². The predicted octanol–water partition coefficient (Wildman–Crippen LogP) is 2.59. The van der Waals surface area contributed by atoms with E-state index in [2.05, 4.69) is 20.7 Å². The van der Waals surface area contributed by atoms with E-state index in [0.717, 1.165) is 18.2 Å². The molecule has 1 heterocycles. The lowest BCUT2D eigenvalue weighted by molar-refractivity contribution is -0.175. The van der Waals surface area contributed by atoms with Crippen LogP contribution in [0, 0.1) is 5.92 Å². The van der Waals surface area contributed by atoms with Gasteiger partial charge in [0, 0.05) is 18.4 Å². The van der Waals surface area contributed by atoms with E-state index in [1.54, 1.807) is 4.90 Å². The Kier molecular flexibility index (Phi) is 6.42. The van der Waals surface area contributed by atoms with Crippen LogP contribution in [0.3, 0.4) is 0 Å². The van der Waals surface area contributed by atoms with Crippen LogP contribution < -0.4 is 0 Å². The lowest BCUT2D eigenvalue weighted by atomic mass is 10.1. The molecule has 1 unspecified atom stereocenters. The van der Waals surface area contributed by atoms with E-state index in [4.69, 9.17) is 0 Å². The Morgan fingerprint density at radius 1 is 1.44 bits per heavy atom. The topological polar surface area (TPSA) is 29.5 Å². The van der Waals surface area contributed by atoms with Gasteiger partial charge >= 0.3 is 6.18 Å². The van der Waals surface area contributed by atoms with E-state index >= 15 is 0 Å². The van der Waals surface area contributed by atoms with Crippen molar-refractivity contribution in [1.82, 2.24) is 4.90 Å². The fraction of sp³-hybridized carbons (Fsp3) is 0.909. The van der Waals surface area contributed by atoms with E-state index in [-0.39, 0.29) is 18.9 Å². The monoisotopic (exact) mass is 331 g/mol. The molecule has 1 atom stereocenters. The fourth-order valence-corrected chi connectivity index (χ4v) is 2.60. The maximum Gasteiger partial charge on any atom is 0.411 e. The molecule has 1 fully saturated rings. The minimum Gasteiger partial charge on any atom is -0.372 e. The molecule has 0 radical (unpaired) electrons. The van der Waals surface area contributed by atoms with Gasteiger partial charge in [-0.15, -0.1) is 0 Å². The van der Waals surface area contributed by atoms with Gasteiger partial charge in [-0.05, 0) is 18.8 Å². The summed E-state index contributed by atoms with van der Waals surface area (Å²) >= 11 is 3.36. The van der Waals surface area contributed by atoms with E-state index < -0.39 is 12.8 Å². The molecular formula is C11H17BrF3NO2. The van der Waals surface area contributed by atoms with Crippen molar-refractivity contribution >= 4 is 21.8 Å². The Morgan fingerprint density at radius 3 is 2.78 bits per heavy atom. The number of carbonyl (C=O) groups is 1. The molecule has 106 valence electrons. The minimum atomic E-state index is -4.32. The highest BCUT2D eigenvalue weighted by molar-refractivity contribution is 9.09. The van der Waals surface area contributed by atoms with Crippen molar-refractivity contribution < 1.29 is 22.7 Å². The van der Waals surface area contributed by atoms with Gasteiger partial charge in [0.15, 0.2) is 0 Å². The minimum absolute atomic E-state index is 0.0249. The molecule has 0 bridgehead atoms. The highest BCUT2D eigenvalue weighted by atomic mass is 79.9. The average Bonchev–Trinajstić information content (AvgIpc) is 2.72. The maximum atomic E-state index is 11.8. The number of amides is 1. The van der Waals surface area contributed by atoms with Crippen molar-refractivity contribution in [1.29, 1.82) is 0 Å². The zero-order chi connectivity index (χ0) is 13.6. The highest BCUT2D eigenvalue weighted by Crippen LogP contribution is 2.21. The molecule has 18 heavy (non-hydrogen) atoms. The summed E-state index contributed by atoms with van der Waals surface area (Å²) in [4.78, 5) is 13.4. The van der Waals surface area contributed by atoms with Gasteiger partial charge in [0.2, 0.25) is 5.91 Å². The van der Waals surface area contributed by atoms with Gasteiger partial charge in [0.05, 0.1) is 13.0 Å². The third-order valence-electron chi connectivity index (χ3n) is 2.88. The van der Waals surface area contributed by atoms with Gasteiger partial charge in [-0.25, -0.2) is 0 Å². The quantitative estimate of drug-likeness (QED) is 0.553. The maximum absolute atomic E-state index is 11.8. The molecule has 0 aromatic carbocycles. The number of alkyl halides is 4. The van der Waals surface area contributed by atoms with E-state index in [1.807, 2.05) is 0 Å². The first-order chi connectivity index (χ1) is 8.42. The lowest BCUT2D eigenvalue weighted by Gasteiger charge is -2.16. The summed E-state index contributed by atoms with van der Waals surface area (Å²) in [5.74, 6) is 0.388. The van der Waals surface area contributed by atoms with Gasteiger partial charge in [0.25, 0.3) is 0 Å². The van der Waals surface area contributed by atoms with Crippen molar-refractivity contribution in [2.75, 3.05) is 31.6 Å². The first kappa shape index (κ1) is 15.8. The van der Waals surface area contributed by atoms with Crippen LogP contribution in [-0.2, 0) is 9.53 Å². The second-order valence-electron chi connectivity index (χ2n) is 4.39. The van der Waals surface area contributed by atoms with Crippen LogP contribution in [0.1, 0.15) is 19.3 Å². The van der Waals surface area contributed by atoms with Gasteiger partial charge in [0.1, 0.15) is 6.61 Å². The molecule has 0 spiro atoms. The summed E-state index contributed by atoms with van der Waals surface area (Å²) in [6, 6.07) is 0. The number of halogens is 4. The summed E-state index contributed by atoms with van der Waals surface area (Å²) in [7, 11) is 0. The number of rotatable bonds is 6. The summed E-state index contributed by atoms with van der Waals surface area (Å²) in [6.07, 6.45) is -2.30. The lowest BCUT2D eigenvalue weighted by Crippen LogP contribution is -2.30. The molecule has 1 amide bonds. The van der Waals surface area contributed by atoms with Crippen molar-refractivity contribution in [3.8, 4) is 0 Å². The van der Waals surface area contributed by atoms with Crippen LogP contribution in [0.2, 0.25) is 0 Å². The molecule has 7 heteroatoms. The normalized spacial score (nSPS) is 20.4. The Labute approximate surface area is 113 Å². The number of likely N-dealkylation sites (tertiary alicyclic amines) is 1. The molecule has 0 N–H and O–H groups in total. The second kappa shape index (κ2) is 7.33. The summed E-state index contributed by atoms with van der Waals surface area (Å²) in [6.45, 7) is -0.0378. The third kappa shape index (κ3) is 6.04. The summed E-state index contributed by atoms with van der Waals surface area (Å²) < 4.78 is 39.8. The van der Waals surface area contributed by atoms with Crippen molar-refractivity contribution in [2.24, 2.45) is 5.92 Å².